The van der Waals surface area contributed by atoms with Gasteiger partial charge in [0.25, 0.3) is 0 Å². The van der Waals surface area contributed by atoms with Crippen molar-refractivity contribution < 1.29 is 4.79 Å². The molecular weight excluding hydrogens is 236 g/mol. The lowest BCUT2D eigenvalue weighted by molar-refractivity contribution is 0.103. The summed E-state index contributed by atoms with van der Waals surface area (Å²) in [7, 11) is 1.99. The number of hydrogen-bond acceptors (Lipinski definition) is 3. The summed E-state index contributed by atoms with van der Waals surface area (Å²) in [5.41, 5.74) is 1.31. The first-order valence-electron chi connectivity index (χ1n) is 6.38. The summed E-state index contributed by atoms with van der Waals surface area (Å²) >= 11 is 0. The number of pyridine rings is 1. The summed E-state index contributed by atoms with van der Waals surface area (Å²) in [6.45, 7) is 4.20. The number of benzene rings is 1. The van der Waals surface area contributed by atoms with Gasteiger partial charge in [0.1, 0.15) is 5.82 Å². The van der Waals surface area contributed by atoms with Gasteiger partial charge in [-0.15, -0.1) is 0 Å². The largest absolute Gasteiger partial charge is 0.357 e. The maximum atomic E-state index is 12.2. The Labute approximate surface area is 113 Å². The van der Waals surface area contributed by atoms with E-state index < -0.39 is 0 Å². The third-order valence-corrected chi connectivity index (χ3v) is 3.18. The van der Waals surface area contributed by atoms with Gasteiger partial charge in [0.15, 0.2) is 5.78 Å². The second kappa shape index (κ2) is 5.65. The van der Waals surface area contributed by atoms with Gasteiger partial charge in [-0.2, -0.15) is 0 Å². The zero-order chi connectivity index (χ0) is 13.8. The summed E-state index contributed by atoms with van der Waals surface area (Å²) in [4.78, 5) is 18.6. The minimum absolute atomic E-state index is 0.00634. The third-order valence-electron chi connectivity index (χ3n) is 3.18. The molecular formula is C16H18N2O. The van der Waals surface area contributed by atoms with Crippen molar-refractivity contribution in [3.05, 3.63) is 59.8 Å². The number of carbonyl (C=O) groups is 1. The Morgan fingerprint density at radius 2 is 1.74 bits per heavy atom. The van der Waals surface area contributed by atoms with Gasteiger partial charge in [0.2, 0.25) is 0 Å². The topological polar surface area (TPSA) is 33.2 Å². The first-order chi connectivity index (χ1) is 9.09. The van der Waals surface area contributed by atoms with E-state index in [9.17, 15) is 4.79 Å². The Hall–Kier alpha value is -2.16. The van der Waals surface area contributed by atoms with Crippen LogP contribution < -0.4 is 4.90 Å². The van der Waals surface area contributed by atoms with Crippen LogP contribution in [0.3, 0.4) is 0 Å². The van der Waals surface area contributed by atoms with Crippen molar-refractivity contribution in [1.82, 2.24) is 4.98 Å². The second-order valence-electron chi connectivity index (χ2n) is 4.80. The van der Waals surface area contributed by atoms with Crippen LogP contribution >= 0.6 is 0 Å². The highest BCUT2D eigenvalue weighted by molar-refractivity contribution is 6.08. The predicted molar refractivity (Wildman–Crippen MR) is 77.7 cm³/mol. The van der Waals surface area contributed by atoms with Crippen LogP contribution in [0.2, 0.25) is 0 Å². The normalized spacial score (nSPS) is 10.5. The summed E-state index contributed by atoms with van der Waals surface area (Å²) < 4.78 is 0. The lowest BCUT2D eigenvalue weighted by Gasteiger charge is -2.22. The predicted octanol–water partition coefficient (Wildman–Crippen LogP) is 3.16. The quantitative estimate of drug-likeness (QED) is 0.786. The van der Waals surface area contributed by atoms with E-state index in [0.717, 1.165) is 5.82 Å². The molecule has 0 unspecified atom stereocenters. The molecule has 0 aliphatic rings. The molecule has 0 amide bonds. The van der Waals surface area contributed by atoms with Gasteiger partial charge in [-0.3, -0.25) is 4.79 Å². The first-order valence-corrected chi connectivity index (χ1v) is 6.38. The van der Waals surface area contributed by atoms with Crippen LogP contribution in [0.25, 0.3) is 0 Å². The molecule has 3 nitrogen and oxygen atoms in total. The monoisotopic (exact) mass is 254 g/mol. The van der Waals surface area contributed by atoms with Gasteiger partial charge in [0, 0.05) is 30.4 Å². The van der Waals surface area contributed by atoms with Gasteiger partial charge >= 0.3 is 0 Å². The molecule has 0 saturated heterocycles. The van der Waals surface area contributed by atoms with Crippen LogP contribution in [-0.4, -0.2) is 23.9 Å². The molecule has 0 saturated carbocycles. The summed E-state index contributed by atoms with van der Waals surface area (Å²) in [5, 5.41) is 0. The lowest BCUT2D eigenvalue weighted by atomic mass is 10.1. The highest BCUT2D eigenvalue weighted by Gasteiger charge is 2.11. The molecule has 2 rings (SSSR count). The molecule has 1 heterocycles. The van der Waals surface area contributed by atoms with E-state index >= 15 is 0 Å². The molecule has 98 valence electrons. The Bertz CT molecular complexity index is 547. The number of carbonyl (C=O) groups excluding carboxylic acids is 1. The van der Waals surface area contributed by atoms with Crippen LogP contribution in [0.5, 0.6) is 0 Å². The van der Waals surface area contributed by atoms with Crippen molar-refractivity contribution in [3.63, 3.8) is 0 Å². The fourth-order valence-corrected chi connectivity index (χ4v) is 1.75. The summed E-state index contributed by atoms with van der Waals surface area (Å²) in [6, 6.07) is 13.3. The smallest absolute Gasteiger partial charge is 0.194 e. The number of aromatic nitrogens is 1. The van der Waals surface area contributed by atoms with Crippen molar-refractivity contribution in [3.8, 4) is 0 Å². The molecule has 3 heteroatoms. The zero-order valence-corrected chi connectivity index (χ0v) is 11.5. The maximum Gasteiger partial charge on any atom is 0.194 e. The van der Waals surface area contributed by atoms with E-state index in [2.05, 4.69) is 23.7 Å². The molecule has 0 bridgehead atoms. The molecule has 2 aromatic rings. The molecule has 0 atom stereocenters. The molecule has 0 N–H and O–H groups in total. The van der Waals surface area contributed by atoms with Gasteiger partial charge in [-0.25, -0.2) is 4.98 Å². The number of nitrogens with zero attached hydrogens (tertiary/aromatic N) is 2. The van der Waals surface area contributed by atoms with Crippen LogP contribution in [0.15, 0.2) is 48.7 Å². The van der Waals surface area contributed by atoms with Crippen molar-refractivity contribution in [2.24, 2.45) is 0 Å². The van der Waals surface area contributed by atoms with E-state index in [0.29, 0.717) is 17.2 Å². The van der Waals surface area contributed by atoms with Crippen LogP contribution in [-0.2, 0) is 0 Å². The van der Waals surface area contributed by atoms with Crippen LogP contribution in [0.1, 0.15) is 29.8 Å². The lowest BCUT2D eigenvalue weighted by Crippen LogP contribution is -2.26. The molecule has 1 aromatic heterocycles. The van der Waals surface area contributed by atoms with E-state index in [4.69, 9.17) is 0 Å². The Balaban J connectivity index is 2.22. The van der Waals surface area contributed by atoms with Gasteiger partial charge in [-0.1, -0.05) is 30.3 Å². The third kappa shape index (κ3) is 2.99. The SMILES string of the molecule is CC(C)N(C)c1ccc(C(=O)c2ccccc2)cn1. The van der Waals surface area contributed by atoms with Gasteiger partial charge in [0.05, 0.1) is 0 Å². The summed E-state index contributed by atoms with van der Waals surface area (Å²) in [6.07, 6.45) is 1.64. The minimum atomic E-state index is 0.00634. The van der Waals surface area contributed by atoms with Crippen molar-refractivity contribution >= 4 is 11.6 Å². The van der Waals surface area contributed by atoms with Crippen LogP contribution in [0, 0.1) is 0 Å². The van der Waals surface area contributed by atoms with Crippen LogP contribution in [0.4, 0.5) is 5.82 Å². The molecule has 0 spiro atoms. The number of hydrogen-bond donors (Lipinski definition) is 0. The average Bonchev–Trinajstić information content (AvgIpc) is 2.46. The molecule has 1 aromatic carbocycles. The van der Waals surface area contributed by atoms with E-state index in [-0.39, 0.29) is 5.78 Å². The second-order valence-corrected chi connectivity index (χ2v) is 4.80. The summed E-state index contributed by atoms with van der Waals surface area (Å²) in [5.74, 6) is 0.881. The number of rotatable bonds is 4. The molecule has 0 aliphatic heterocycles. The fourth-order valence-electron chi connectivity index (χ4n) is 1.75. The molecule has 19 heavy (non-hydrogen) atoms. The molecule has 0 aliphatic carbocycles. The van der Waals surface area contributed by atoms with E-state index in [1.54, 1.807) is 6.20 Å². The van der Waals surface area contributed by atoms with Gasteiger partial charge in [-0.05, 0) is 26.0 Å². The first kappa shape index (κ1) is 13.3. The van der Waals surface area contributed by atoms with Crippen molar-refractivity contribution in [1.29, 1.82) is 0 Å². The van der Waals surface area contributed by atoms with Crippen molar-refractivity contribution in [2.45, 2.75) is 19.9 Å². The highest BCUT2D eigenvalue weighted by atomic mass is 16.1. The molecule has 0 radical (unpaired) electrons. The standard InChI is InChI=1S/C16H18N2O/c1-12(2)18(3)15-10-9-14(11-17-15)16(19)13-7-5-4-6-8-13/h4-12H,1-3H3. The average molecular weight is 254 g/mol. The zero-order valence-electron chi connectivity index (χ0n) is 11.5. The van der Waals surface area contributed by atoms with E-state index in [1.165, 1.54) is 0 Å². The number of ketones is 1. The number of anilines is 1. The van der Waals surface area contributed by atoms with Gasteiger partial charge < -0.3 is 4.90 Å². The fraction of sp³-hybridized carbons (Fsp3) is 0.250. The Morgan fingerprint density at radius 1 is 1.05 bits per heavy atom. The highest BCUT2D eigenvalue weighted by Crippen LogP contribution is 2.14. The Morgan fingerprint density at radius 3 is 2.26 bits per heavy atom. The van der Waals surface area contributed by atoms with E-state index in [1.807, 2.05) is 49.5 Å². The minimum Gasteiger partial charge on any atom is -0.357 e. The Kier molecular flexibility index (Phi) is 3.95. The maximum absolute atomic E-state index is 12.2. The van der Waals surface area contributed by atoms with Crippen molar-refractivity contribution in [2.75, 3.05) is 11.9 Å². The molecule has 0 fully saturated rings.